The molecule has 1 saturated heterocycles. The fraction of sp³-hybridized carbons (Fsp3) is 0.533. The van der Waals surface area contributed by atoms with E-state index in [2.05, 4.69) is 10.3 Å². The maximum atomic E-state index is 12.2. The number of urea groups is 1. The van der Waals surface area contributed by atoms with Gasteiger partial charge in [-0.1, -0.05) is 13.0 Å². The van der Waals surface area contributed by atoms with Crippen LogP contribution in [0, 0.1) is 12.8 Å². The van der Waals surface area contributed by atoms with E-state index in [9.17, 15) is 14.7 Å². The molecule has 1 aliphatic rings. The molecule has 0 bridgehead atoms. The van der Waals surface area contributed by atoms with Crippen molar-refractivity contribution in [3.63, 3.8) is 0 Å². The fourth-order valence-electron chi connectivity index (χ4n) is 2.58. The van der Waals surface area contributed by atoms with Gasteiger partial charge in [0.1, 0.15) is 6.04 Å². The Kier molecular flexibility index (Phi) is 4.77. The summed E-state index contributed by atoms with van der Waals surface area (Å²) in [5, 5.41) is 12.0. The topological polar surface area (TPSA) is 82.5 Å². The number of aromatic nitrogens is 1. The molecule has 114 valence electrons. The zero-order chi connectivity index (χ0) is 15.4. The van der Waals surface area contributed by atoms with E-state index in [1.54, 1.807) is 6.20 Å². The lowest BCUT2D eigenvalue weighted by Gasteiger charge is -2.35. The normalized spacial score (nSPS) is 21.9. The highest BCUT2D eigenvalue weighted by molar-refractivity contribution is 5.82. The fourth-order valence-corrected chi connectivity index (χ4v) is 2.58. The second kappa shape index (κ2) is 6.56. The van der Waals surface area contributed by atoms with Gasteiger partial charge in [-0.15, -0.1) is 0 Å². The number of pyridine rings is 1. The Morgan fingerprint density at radius 2 is 2.29 bits per heavy atom. The van der Waals surface area contributed by atoms with Gasteiger partial charge in [0, 0.05) is 12.7 Å². The first-order valence-corrected chi connectivity index (χ1v) is 7.16. The minimum Gasteiger partial charge on any atom is -0.480 e. The first-order valence-electron chi connectivity index (χ1n) is 7.16. The van der Waals surface area contributed by atoms with Gasteiger partial charge in [0.05, 0.1) is 12.2 Å². The van der Waals surface area contributed by atoms with Crippen LogP contribution in [0.2, 0.25) is 0 Å². The van der Waals surface area contributed by atoms with Gasteiger partial charge in [0.15, 0.2) is 0 Å². The van der Waals surface area contributed by atoms with Crippen molar-refractivity contribution in [3.8, 4) is 0 Å². The number of carbonyl (C=O) groups excluding carboxylic acids is 1. The SMILES string of the molecule is Cc1cccnc1CNC(=O)N1CCC(C)CC1C(=O)O. The Morgan fingerprint density at radius 1 is 1.52 bits per heavy atom. The molecule has 2 unspecified atom stereocenters. The summed E-state index contributed by atoms with van der Waals surface area (Å²) in [6.07, 6.45) is 3.02. The molecule has 2 amide bonds. The summed E-state index contributed by atoms with van der Waals surface area (Å²) in [4.78, 5) is 29.2. The van der Waals surface area contributed by atoms with Crippen molar-refractivity contribution in [3.05, 3.63) is 29.6 Å². The number of aryl methyl sites for hydroxylation is 1. The zero-order valence-corrected chi connectivity index (χ0v) is 12.4. The predicted octanol–water partition coefficient (Wildman–Crippen LogP) is 1.78. The minimum absolute atomic E-state index is 0.309. The summed E-state index contributed by atoms with van der Waals surface area (Å²) >= 11 is 0. The van der Waals surface area contributed by atoms with Gasteiger partial charge in [-0.3, -0.25) is 4.98 Å². The monoisotopic (exact) mass is 291 g/mol. The van der Waals surface area contributed by atoms with E-state index in [4.69, 9.17) is 0 Å². The van der Waals surface area contributed by atoms with Crippen LogP contribution in [-0.4, -0.2) is 39.6 Å². The number of nitrogens with zero attached hydrogens (tertiary/aromatic N) is 2. The minimum atomic E-state index is -0.939. The molecule has 1 fully saturated rings. The Morgan fingerprint density at radius 3 is 2.95 bits per heavy atom. The number of amides is 2. The Labute approximate surface area is 124 Å². The Bertz CT molecular complexity index is 533. The molecule has 1 aromatic rings. The number of rotatable bonds is 3. The third-order valence-corrected chi connectivity index (χ3v) is 3.94. The van der Waals surface area contributed by atoms with Crippen LogP contribution in [0.4, 0.5) is 4.79 Å². The highest BCUT2D eigenvalue weighted by atomic mass is 16.4. The summed E-state index contributed by atoms with van der Waals surface area (Å²) in [6.45, 7) is 4.73. The van der Waals surface area contributed by atoms with Crippen molar-refractivity contribution in [2.75, 3.05) is 6.54 Å². The summed E-state index contributed by atoms with van der Waals surface area (Å²) in [5.41, 5.74) is 1.79. The van der Waals surface area contributed by atoms with Crippen LogP contribution in [0.3, 0.4) is 0 Å². The summed E-state index contributed by atoms with van der Waals surface area (Å²) in [7, 11) is 0. The number of hydrogen-bond donors (Lipinski definition) is 2. The van der Waals surface area contributed by atoms with Gasteiger partial charge in [-0.05, 0) is 37.3 Å². The second-order valence-electron chi connectivity index (χ2n) is 5.60. The van der Waals surface area contributed by atoms with Gasteiger partial charge in [-0.25, -0.2) is 9.59 Å². The molecule has 0 spiro atoms. The molecule has 0 saturated carbocycles. The van der Waals surface area contributed by atoms with E-state index in [0.29, 0.717) is 25.4 Å². The first kappa shape index (κ1) is 15.3. The first-order chi connectivity index (χ1) is 9.99. The standard InChI is InChI=1S/C15H21N3O3/c1-10-5-7-18(13(8-10)14(19)20)15(21)17-9-12-11(2)4-3-6-16-12/h3-4,6,10,13H,5,7-9H2,1-2H3,(H,17,21)(H,19,20). The zero-order valence-electron chi connectivity index (χ0n) is 12.4. The quantitative estimate of drug-likeness (QED) is 0.889. The van der Waals surface area contributed by atoms with Gasteiger partial charge < -0.3 is 15.3 Å². The van der Waals surface area contributed by atoms with Crippen LogP contribution in [0.25, 0.3) is 0 Å². The number of carboxylic acid groups (broad SMARTS) is 1. The van der Waals surface area contributed by atoms with Gasteiger partial charge in [0.25, 0.3) is 0 Å². The van der Waals surface area contributed by atoms with E-state index in [0.717, 1.165) is 17.7 Å². The molecule has 0 radical (unpaired) electrons. The van der Waals surface area contributed by atoms with E-state index >= 15 is 0 Å². The van der Waals surface area contributed by atoms with Crippen LogP contribution in [0.1, 0.15) is 31.0 Å². The molecule has 2 rings (SSSR count). The van der Waals surface area contributed by atoms with Crippen LogP contribution < -0.4 is 5.32 Å². The molecule has 2 heterocycles. The third-order valence-electron chi connectivity index (χ3n) is 3.94. The maximum Gasteiger partial charge on any atom is 0.326 e. The molecule has 1 aromatic heterocycles. The van der Waals surface area contributed by atoms with Crippen molar-refractivity contribution in [1.82, 2.24) is 15.2 Å². The number of aliphatic carboxylic acids is 1. The van der Waals surface area contributed by atoms with Crippen molar-refractivity contribution in [2.24, 2.45) is 5.92 Å². The van der Waals surface area contributed by atoms with Crippen molar-refractivity contribution >= 4 is 12.0 Å². The second-order valence-corrected chi connectivity index (χ2v) is 5.60. The number of carbonyl (C=O) groups is 2. The van der Waals surface area contributed by atoms with Crippen molar-refractivity contribution < 1.29 is 14.7 Å². The molecule has 0 aromatic carbocycles. The van der Waals surface area contributed by atoms with E-state index in [-0.39, 0.29) is 6.03 Å². The lowest BCUT2D eigenvalue weighted by molar-refractivity contribution is -0.143. The lowest BCUT2D eigenvalue weighted by Crippen LogP contribution is -2.53. The van der Waals surface area contributed by atoms with E-state index in [1.165, 1.54) is 4.90 Å². The van der Waals surface area contributed by atoms with Crippen LogP contribution in [0.5, 0.6) is 0 Å². The van der Waals surface area contributed by atoms with Gasteiger partial charge in [-0.2, -0.15) is 0 Å². The molecular weight excluding hydrogens is 270 g/mol. The molecule has 2 N–H and O–H groups in total. The molecule has 21 heavy (non-hydrogen) atoms. The summed E-state index contributed by atoms with van der Waals surface area (Å²) in [5.74, 6) is -0.612. The van der Waals surface area contributed by atoms with Crippen LogP contribution >= 0.6 is 0 Å². The summed E-state index contributed by atoms with van der Waals surface area (Å²) in [6, 6.07) is 2.70. The largest absolute Gasteiger partial charge is 0.480 e. The van der Waals surface area contributed by atoms with E-state index in [1.807, 2.05) is 26.0 Å². The highest BCUT2D eigenvalue weighted by Gasteiger charge is 2.34. The van der Waals surface area contributed by atoms with Gasteiger partial charge >= 0.3 is 12.0 Å². The Balaban J connectivity index is 1.99. The summed E-state index contributed by atoms with van der Waals surface area (Å²) < 4.78 is 0. The molecule has 0 aliphatic carbocycles. The van der Waals surface area contributed by atoms with Crippen molar-refractivity contribution in [2.45, 2.75) is 39.3 Å². The Hall–Kier alpha value is -2.11. The average Bonchev–Trinajstić information content (AvgIpc) is 2.46. The molecule has 1 aliphatic heterocycles. The number of likely N-dealkylation sites (tertiary alicyclic amines) is 1. The number of nitrogens with one attached hydrogen (secondary N) is 1. The average molecular weight is 291 g/mol. The third kappa shape index (κ3) is 3.71. The molecular formula is C15H21N3O3. The number of carboxylic acids is 1. The molecule has 6 heteroatoms. The van der Waals surface area contributed by atoms with Gasteiger partial charge in [0.2, 0.25) is 0 Å². The lowest BCUT2D eigenvalue weighted by atomic mass is 9.93. The van der Waals surface area contributed by atoms with Crippen LogP contribution in [0.15, 0.2) is 18.3 Å². The predicted molar refractivity (Wildman–Crippen MR) is 77.7 cm³/mol. The number of piperidine rings is 1. The number of hydrogen-bond acceptors (Lipinski definition) is 3. The van der Waals surface area contributed by atoms with E-state index < -0.39 is 12.0 Å². The highest BCUT2D eigenvalue weighted by Crippen LogP contribution is 2.22. The smallest absolute Gasteiger partial charge is 0.326 e. The van der Waals surface area contributed by atoms with Crippen LogP contribution in [-0.2, 0) is 11.3 Å². The molecule has 2 atom stereocenters. The maximum absolute atomic E-state index is 12.2. The molecule has 6 nitrogen and oxygen atoms in total. The van der Waals surface area contributed by atoms with Crippen molar-refractivity contribution in [1.29, 1.82) is 0 Å².